The van der Waals surface area contributed by atoms with Crippen molar-refractivity contribution < 1.29 is 14.4 Å². The molecular formula is C15H24Cl3N3O3. The third kappa shape index (κ3) is 7.03. The molecule has 1 fully saturated rings. The van der Waals surface area contributed by atoms with Crippen LogP contribution in [0.5, 0.6) is 0 Å². The SMILES string of the molecule is O=C(CCCCl)N1CN(C(=O)CCCCl)CN(C(=O)CCCCl)C1. The molecule has 1 heterocycles. The zero-order valence-electron chi connectivity index (χ0n) is 13.7. The largest absolute Gasteiger partial charge is 0.307 e. The zero-order chi connectivity index (χ0) is 17.9. The molecule has 0 N–H and O–H groups in total. The van der Waals surface area contributed by atoms with E-state index in [0.717, 1.165) is 0 Å². The lowest BCUT2D eigenvalue weighted by atomic mass is 10.2. The summed E-state index contributed by atoms with van der Waals surface area (Å²) >= 11 is 16.9. The monoisotopic (exact) mass is 399 g/mol. The quantitative estimate of drug-likeness (QED) is 0.558. The second kappa shape index (κ2) is 11.8. The number of carbonyl (C=O) groups is 3. The predicted molar refractivity (Wildman–Crippen MR) is 95.0 cm³/mol. The summed E-state index contributed by atoms with van der Waals surface area (Å²) in [4.78, 5) is 41.4. The van der Waals surface area contributed by atoms with E-state index in [-0.39, 0.29) is 37.7 Å². The summed E-state index contributed by atoms with van der Waals surface area (Å²) in [5, 5.41) is 0. The standard InChI is InChI=1S/C15H24Cl3N3O3/c16-7-1-4-13(22)19-10-20(14(23)5-2-8-17)12-21(11-19)15(24)6-3-9-18/h1-12H2. The van der Waals surface area contributed by atoms with Crippen molar-refractivity contribution in [3.8, 4) is 0 Å². The molecule has 0 aromatic carbocycles. The van der Waals surface area contributed by atoms with E-state index in [1.165, 1.54) is 14.7 Å². The first-order valence-electron chi connectivity index (χ1n) is 8.04. The van der Waals surface area contributed by atoms with Gasteiger partial charge in [-0.25, -0.2) is 0 Å². The molecule has 24 heavy (non-hydrogen) atoms. The molecule has 0 aromatic heterocycles. The van der Waals surface area contributed by atoms with Crippen molar-refractivity contribution in [2.75, 3.05) is 37.6 Å². The first-order valence-corrected chi connectivity index (χ1v) is 9.65. The number of carbonyl (C=O) groups excluding carboxylic acids is 3. The maximum atomic E-state index is 12.3. The van der Waals surface area contributed by atoms with Crippen molar-refractivity contribution in [1.29, 1.82) is 0 Å². The van der Waals surface area contributed by atoms with Crippen LogP contribution in [0.25, 0.3) is 0 Å². The predicted octanol–water partition coefficient (Wildman–Crippen LogP) is 2.42. The van der Waals surface area contributed by atoms with Crippen molar-refractivity contribution in [2.45, 2.75) is 38.5 Å². The fraction of sp³-hybridized carbons (Fsp3) is 0.800. The molecule has 1 rings (SSSR count). The van der Waals surface area contributed by atoms with E-state index < -0.39 is 0 Å². The lowest BCUT2D eigenvalue weighted by Gasteiger charge is -2.42. The number of nitrogens with zero attached hydrogens (tertiary/aromatic N) is 3. The summed E-state index contributed by atoms with van der Waals surface area (Å²) in [5.74, 6) is 0.866. The molecule has 1 aliphatic heterocycles. The van der Waals surface area contributed by atoms with Crippen LogP contribution in [0.3, 0.4) is 0 Å². The third-order valence-corrected chi connectivity index (χ3v) is 4.46. The molecule has 1 aliphatic rings. The minimum atomic E-state index is -0.111. The topological polar surface area (TPSA) is 60.9 Å². The summed E-state index contributed by atoms with van der Waals surface area (Å²) in [6.07, 6.45) is 2.61. The maximum absolute atomic E-state index is 12.3. The molecule has 0 bridgehead atoms. The Morgan fingerprint density at radius 1 is 0.583 bits per heavy atom. The molecule has 0 radical (unpaired) electrons. The van der Waals surface area contributed by atoms with Gasteiger partial charge in [-0.05, 0) is 19.3 Å². The van der Waals surface area contributed by atoms with Crippen molar-refractivity contribution in [1.82, 2.24) is 14.7 Å². The van der Waals surface area contributed by atoms with Crippen LogP contribution in [0.1, 0.15) is 38.5 Å². The molecule has 0 aromatic rings. The average molecular weight is 401 g/mol. The van der Waals surface area contributed by atoms with E-state index in [9.17, 15) is 14.4 Å². The van der Waals surface area contributed by atoms with E-state index >= 15 is 0 Å². The average Bonchev–Trinajstić information content (AvgIpc) is 2.61. The third-order valence-electron chi connectivity index (χ3n) is 3.66. The van der Waals surface area contributed by atoms with Gasteiger partial charge in [0.15, 0.2) is 0 Å². The van der Waals surface area contributed by atoms with E-state index in [2.05, 4.69) is 0 Å². The summed E-state index contributed by atoms with van der Waals surface area (Å²) in [6, 6.07) is 0. The highest BCUT2D eigenvalue weighted by molar-refractivity contribution is 6.18. The molecule has 0 atom stereocenters. The highest BCUT2D eigenvalue weighted by Crippen LogP contribution is 2.14. The molecule has 3 amide bonds. The van der Waals surface area contributed by atoms with Crippen LogP contribution in [0.15, 0.2) is 0 Å². The van der Waals surface area contributed by atoms with Gasteiger partial charge in [0.05, 0.1) is 20.0 Å². The smallest absolute Gasteiger partial charge is 0.225 e. The Bertz CT molecular complexity index is 370. The van der Waals surface area contributed by atoms with Crippen molar-refractivity contribution in [3.63, 3.8) is 0 Å². The van der Waals surface area contributed by atoms with E-state index in [1.54, 1.807) is 0 Å². The zero-order valence-corrected chi connectivity index (χ0v) is 16.0. The number of halogens is 3. The van der Waals surface area contributed by atoms with Crippen LogP contribution in [0.2, 0.25) is 0 Å². The van der Waals surface area contributed by atoms with E-state index in [0.29, 0.717) is 56.2 Å². The molecule has 0 saturated carbocycles. The summed E-state index contributed by atoms with van der Waals surface area (Å²) in [5.41, 5.74) is 0. The lowest BCUT2D eigenvalue weighted by molar-refractivity contribution is -0.158. The minimum Gasteiger partial charge on any atom is -0.307 e. The number of amides is 3. The van der Waals surface area contributed by atoms with Crippen molar-refractivity contribution in [3.05, 3.63) is 0 Å². The fourth-order valence-corrected chi connectivity index (χ4v) is 2.75. The number of hydrogen-bond donors (Lipinski definition) is 0. The normalized spacial score (nSPS) is 14.9. The Labute approximate surface area is 158 Å². The van der Waals surface area contributed by atoms with Gasteiger partial charge in [0.25, 0.3) is 0 Å². The van der Waals surface area contributed by atoms with Gasteiger partial charge in [0.2, 0.25) is 17.7 Å². The second-order valence-electron chi connectivity index (χ2n) is 5.60. The number of rotatable bonds is 9. The van der Waals surface area contributed by atoms with Gasteiger partial charge in [-0.2, -0.15) is 0 Å². The van der Waals surface area contributed by atoms with E-state index in [1.807, 2.05) is 0 Å². The molecule has 0 spiro atoms. The van der Waals surface area contributed by atoms with Gasteiger partial charge >= 0.3 is 0 Å². The highest BCUT2D eigenvalue weighted by Gasteiger charge is 2.31. The lowest BCUT2D eigenvalue weighted by Crippen LogP contribution is -2.59. The van der Waals surface area contributed by atoms with Gasteiger partial charge in [0, 0.05) is 36.9 Å². The van der Waals surface area contributed by atoms with Gasteiger partial charge in [-0.15, -0.1) is 34.8 Å². The number of alkyl halides is 3. The Hall–Kier alpha value is -0.720. The fourth-order valence-electron chi connectivity index (χ4n) is 2.35. The molecule has 0 aliphatic carbocycles. The van der Waals surface area contributed by atoms with Crippen molar-refractivity contribution in [2.24, 2.45) is 0 Å². The van der Waals surface area contributed by atoms with Gasteiger partial charge < -0.3 is 14.7 Å². The molecule has 6 nitrogen and oxygen atoms in total. The Morgan fingerprint density at radius 2 is 0.833 bits per heavy atom. The summed E-state index contributed by atoms with van der Waals surface area (Å²) in [7, 11) is 0. The maximum Gasteiger partial charge on any atom is 0.225 e. The molecule has 138 valence electrons. The van der Waals surface area contributed by atoms with Crippen LogP contribution in [-0.2, 0) is 14.4 Å². The molecular weight excluding hydrogens is 377 g/mol. The Balaban J connectivity index is 2.75. The van der Waals surface area contributed by atoms with Crippen molar-refractivity contribution >= 4 is 52.5 Å². The van der Waals surface area contributed by atoms with Crippen LogP contribution >= 0.6 is 34.8 Å². The van der Waals surface area contributed by atoms with Gasteiger partial charge in [-0.3, -0.25) is 14.4 Å². The van der Waals surface area contributed by atoms with Crippen LogP contribution in [-0.4, -0.2) is 70.1 Å². The molecule has 1 saturated heterocycles. The highest BCUT2D eigenvalue weighted by atomic mass is 35.5. The van der Waals surface area contributed by atoms with E-state index in [4.69, 9.17) is 34.8 Å². The number of hydrogen-bond acceptors (Lipinski definition) is 3. The first kappa shape index (κ1) is 21.3. The molecule has 0 unspecified atom stereocenters. The van der Waals surface area contributed by atoms with Crippen LogP contribution in [0.4, 0.5) is 0 Å². The first-order chi connectivity index (χ1) is 11.5. The Morgan fingerprint density at radius 3 is 1.04 bits per heavy atom. The van der Waals surface area contributed by atoms with Gasteiger partial charge in [0.1, 0.15) is 0 Å². The van der Waals surface area contributed by atoms with Crippen LogP contribution in [0, 0.1) is 0 Å². The Kier molecular flexibility index (Phi) is 10.5. The summed E-state index contributed by atoms with van der Waals surface area (Å²) < 4.78 is 0. The van der Waals surface area contributed by atoms with Crippen LogP contribution < -0.4 is 0 Å². The minimum absolute atomic E-state index is 0.111. The van der Waals surface area contributed by atoms with Gasteiger partial charge in [-0.1, -0.05) is 0 Å². The second-order valence-corrected chi connectivity index (χ2v) is 6.74. The summed E-state index contributed by atoms with van der Waals surface area (Å²) in [6.45, 7) is 0.588. The molecule has 9 heteroatoms.